The summed E-state index contributed by atoms with van der Waals surface area (Å²) >= 11 is 0. The Morgan fingerprint density at radius 2 is 1.91 bits per heavy atom. The highest BCUT2D eigenvalue weighted by Crippen LogP contribution is 2.56. The second-order valence-corrected chi connectivity index (χ2v) is 7.92. The summed E-state index contributed by atoms with van der Waals surface area (Å²) in [5.74, 6) is 0.245. The molecule has 2 aliphatic carbocycles. The molecule has 2 saturated carbocycles. The third-order valence-corrected chi connectivity index (χ3v) is 6.48. The Morgan fingerprint density at radius 1 is 1.17 bits per heavy atom. The van der Waals surface area contributed by atoms with Crippen LogP contribution in [-0.2, 0) is 11.8 Å². The molecule has 1 spiro atoms. The number of rotatable bonds is 3. The van der Waals surface area contributed by atoms with E-state index in [-0.39, 0.29) is 11.9 Å². The molecule has 0 radical (unpaired) electrons. The van der Waals surface area contributed by atoms with Gasteiger partial charge in [-0.25, -0.2) is 0 Å². The number of hydrogen-bond acceptors (Lipinski definition) is 3. The fourth-order valence-corrected chi connectivity index (χ4v) is 4.67. The van der Waals surface area contributed by atoms with Gasteiger partial charge in [0.05, 0.1) is 11.7 Å². The highest BCUT2D eigenvalue weighted by atomic mass is 16.2. The molecule has 1 aromatic rings. The van der Waals surface area contributed by atoms with E-state index in [0.717, 1.165) is 17.5 Å². The summed E-state index contributed by atoms with van der Waals surface area (Å²) in [7, 11) is 3.91. The van der Waals surface area contributed by atoms with Crippen LogP contribution in [0, 0.1) is 5.41 Å². The maximum atomic E-state index is 12.2. The zero-order valence-corrected chi connectivity index (χ0v) is 14.3. The Bertz CT molecular complexity index is 582. The number of aromatic nitrogens is 2. The molecular formula is C18H28N4O. The Balaban J connectivity index is 1.49. The standard InChI is InChI=1S/C18H28N4O/c1-21-16(23)4-3-14(17(21)15-7-12-19-22(15)2)20-13-5-8-18(9-6-13)10-11-18/h7,12-14,17,20H,3-6,8-11H2,1-2H3/t14-,17-/m1/s1. The van der Waals surface area contributed by atoms with Crippen molar-refractivity contribution in [1.82, 2.24) is 20.0 Å². The fourth-order valence-electron chi connectivity index (χ4n) is 4.67. The van der Waals surface area contributed by atoms with Crippen LogP contribution in [0.3, 0.4) is 0 Å². The normalized spacial score (nSPS) is 30.9. The third kappa shape index (κ3) is 2.80. The highest BCUT2D eigenvalue weighted by Gasteiger charge is 2.45. The van der Waals surface area contributed by atoms with E-state index < -0.39 is 0 Å². The molecule has 3 aliphatic rings. The molecule has 0 aromatic carbocycles. The second kappa shape index (κ2) is 5.62. The van der Waals surface area contributed by atoms with Gasteiger partial charge in [-0.2, -0.15) is 5.10 Å². The van der Waals surface area contributed by atoms with Crippen molar-refractivity contribution in [3.05, 3.63) is 18.0 Å². The average molecular weight is 316 g/mol. The molecule has 1 saturated heterocycles. The summed E-state index contributed by atoms with van der Waals surface area (Å²) in [5.41, 5.74) is 1.87. The lowest BCUT2D eigenvalue weighted by Crippen LogP contribution is -2.53. The van der Waals surface area contributed by atoms with Crippen molar-refractivity contribution in [2.45, 2.75) is 69.5 Å². The van der Waals surface area contributed by atoms with E-state index in [4.69, 9.17) is 0 Å². The molecule has 126 valence electrons. The molecule has 2 atom stereocenters. The predicted octanol–water partition coefficient (Wildman–Crippen LogP) is 2.39. The number of aryl methyl sites for hydroxylation is 1. The number of carbonyl (C=O) groups excluding carboxylic acids is 1. The Morgan fingerprint density at radius 3 is 2.52 bits per heavy atom. The van der Waals surface area contributed by atoms with Crippen LogP contribution in [0.1, 0.15) is 63.1 Å². The Kier molecular flexibility index (Phi) is 3.71. The molecule has 0 unspecified atom stereocenters. The van der Waals surface area contributed by atoms with Crippen LogP contribution in [0.15, 0.2) is 12.3 Å². The van der Waals surface area contributed by atoms with Crippen molar-refractivity contribution in [2.75, 3.05) is 7.05 Å². The first kappa shape index (κ1) is 15.2. The molecule has 1 N–H and O–H groups in total. The van der Waals surface area contributed by atoms with Gasteiger partial charge in [-0.15, -0.1) is 0 Å². The second-order valence-electron chi connectivity index (χ2n) is 7.92. The number of carbonyl (C=O) groups is 1. The average Bonchev–Trinajstić information content (AvgIpc) is 3.17. The van der Waals surface area contributed by atoms with Gasteiger partial charge in [0.25, 0.3) is 0 Å². The first-order valence-corrected chi connectivity index (χ1v) is 9.08. The van der Waals surface area contributed by atoms with E-state index in [1.807, 2.05) is 29.9 Å². The van der Waals surface area contributed by atoms with Gasteiger partial charge < -0.3 is 10.2 Å². The van der Waals surface area contributed by atoms with Crippen LogP contribution in [0.4, 0.5) is 0 Å². The van der Waals surface area contributed by atoms with Gasteiger partial charge in [0.1, 0.15) is 0 Å². The molecular weight excluding hydrogens is 288 g/mol. The van der Waals surface area contributed by atoms with Gasteiger partial charge in [-0.1, -0.05) is 0 Å². The molecule has 1 aliphatic heterocycles. The summed E-state index contributed by atoms with van der Waals surface area (Å²) in [6.45, 7) is 0. The lowest BCUT2D eigenvalue weighted by molar-refractivity contribution is -0.136. The lowest BCUT2D eigenvalue weighted by Gasteiger charge is -2.42. The molecule has 1 aromatic heterocycles. The predicted molar refractivity (Wildman–Crippen MR) is 88.8 cm³/mol. The van der Waals surface area contributed by atoms with E-state index in [1.54, 1.807) is 0 Å². The minimum absolute atomic E-state index is 0.0977. The quantitative estimate of drug-likeness (QED) is 0.931. The number of likely N-dealkylation sites (tertiary alicyclic amines) is 1. The number of likely N-dealkylation sites (N-methyl/N-ethyl adjacent to an activating group) is 1. The highest BCUT2D eigenvalue weighted by molar-refractivity contribution is 5.77. The maximum absolute atomic E-state index is 12.2. The maximum Gasteiger partial charge on any atom is 0.222 e. The van der Waals surface area contributed by atoms with Crippen molar-refractivity contribution < 1.29 is 4.79 Å². The zero-order chi connectivity index (χ0) is 16.0. The largest absolute Gasteiger partial charge is 0.336 e. The van der Waals surface area contributed by atoms with E-state index in [2.05, 4.69) is 16.5 Å². The summed E-state index contributed by atoms with van der Waals surface area (Å²) in [6, 6.07) is 3.10. The molecule has 2 heterocycles. The van der Waals surface area contributed by atoms with Gasteiger partial charge in [-0.05, 0) is 56.4 Å². The summed E-state index contributed by atoms with van der Waals surface area (Å²) in [4.78, 5) is 14.1. The van der Waals surface area contributed by atoms with Crippen molar-refractivity contribution in [2.24, 2.45) is 12.5 Å². The van der Waals surface area contributed by atoms with Crippen LogP contribution in [0.5, 0.6) is 0 Å². The summed E-state index contributed by atoms with van der Waals surface area (Å²) in [6.07, 6.45) is 11.7. The van der Waals surface area contributed by atoms with E-state index in [1.165, 1.54) is 38.5 Å². The van der Waals surface area contributed by atoms with Crippen LogP contribution in [0.2, 0.25) is 0 Å². The first-order chi connectivity index (χ1) is 11.1. The summed E-state index contributed by atoms with van der Waals surface area (Å²) < 4.78 is 1.91. The minimum atomic E-state index is 0.0977. The summed E-state index contributed by atoms with van der Waals surface area (Å²) in [5, 5.41) is 8.22. The fraction of sp³-hybridized carbons (Fsp3) is 0.778. The lowest BCUT2D eigenvalue weighted by atomic mass is 9.82. The number of nitrogens with one attached hydrogen (secondary N) is 1. The van der Waals surface area contributed by atoms with Gasteiger partial charge in [-0.3, -0.25) is 9.48 Å². The van der Waals surface area contributed by atoms with Gasteiger partial charge in [0.15, 0.2) is 0 Å². The number of piperidine rings is 1. The van der Waals surface area contributed by atoms with Crippen molar-refractivity contribution >= 4 is 5.91 Å². The van der Waals surface area contributed by atoms with E-state index in [9.17, 15) is 4.79 Å². The molecule has 5 nitrogen and oxygen atoms in total. The topological polar surface area (TPSA) is 50.2 Å². The van der Waals surface area contributed by atoms with Gasteiger partial charge in [0.2, 0.25) is 5.91 Å². The molecule has 0 bridgehead atoms. The molecule has 1 amide bonds. The number of hydrogen-bond donors (Lipinski definition) is 1. The number of nitrogens with zero attached hydrogens (tertiary/aromatic N) is 3. The minimum Gasteiger partial charge on any atom is -0.336 e. The van der Waals surface area contributed by atoms with Crippen LogP contribution < -0.4 is 5.32 Å². The third-order valence-electron chi connectivity index (χ3n) is 6.48. The monoisotopic (exact) mass is 316 g/mol. The molecule has 23 heavy (non-hydrogen) atoms. The van der Waals surface area contributed by atoms with Crippen molar-refractivity contribution in [3.8, 4) is 0 Å². The van der Waals surface area contributed by atoms with Crippen molar-refractivity contribution in [1.29, 1.82) is 0 Å². The van der Waals surface area contributed by atoms with Crippen molar-refractivity contribution in [3.63, 3.8) is 0 Å². The molecule has 4 rings (SSSR count). The number of amides is 1. The van der Waals surface area contributed by atoms with Crippen LogP contribution in [-0.4, -0.2) is 39.7 Å². The Labute approximate surface area is 138 Å². The van der Waals surface area contributed by atoms with Gasteiger partial charge >= 0.3 is 0 Å². The molecule has 5 heteroatoms. The van der Waals surface area contributed by atoms with Crippen LogP contribution >= 0.6 is 0 Å². The molecule has 3 fully saturated rings. The van der Waals surface area contributed by atoms with Gasteiger partial charge in [0, 0.05) is 38.8 Å². The van der Waals surface area contributed by atoms with E-state index in [0.29, 0.717) is 18.5 Å². The zero-order valence-electron chi connectivity index (χ0n) is 14.3. The first-order valence-electron chi connectivity index (χ1n) is 9.08. The SMILES string of the molecule is CN1C(=O)CC[C@@H](NC2CCC3(CC2)CC3)[C@@H]1c1ccnn1C. The smallest absolute Gasteiger partial charge is 0.222 e. The van der Waals surface area contributed by atoms with E-state index >= 15 is 0 Å². The van der Waals surface area contributed by atoms with Crippen LogP contribution in [0.25, 0.3) is 0 Å². The Hall–Kier alpha value is -1.36.